The third-order valence-corrected chi connectivity index (χ3v) is 2.84. The van der Waals surface area contributed by atoms with Crippen molar-refractivity contribution in [2.24, 2.45) is 5.92 Å². The normalized spacial score (nSPS) is 18.1. The zero-order chi connectivity index (χ0) is 11.2. The Labute approximate surface area is 120 Å². The smallest absolute Gasteiger partial charge is 0.224 e. The van der Waals surface area contributed by atoms with Crippen molar-refractivity contribution < 1.29 is 4.79 Å². The number of aromatic nitrogens is 1. The van der Waals surface area contributed by atoms with Crippen LogP contribution in [0.25, 0.3) is 0 Å². The molecule has 6 heteroatoms. The average molecular weight is 292 g/mol. The summed E-state index contributed by atoms with van der Waals surface area (Å²) in [6, 6.07) is 5.71. The first-order valence-electron chi connectivity index (χ1n) is 5.74. The van der Waals surface area contributed by atoms with Crippen LogP contribution in [0.3, 0.4) is 0 Å². The maximum absolute atomic E-state index is 11.8. The van der Waals surface area contributed by atoms with Crippen molar-refractivity contribution in [3.8, 4) is 0 Å². The highest BCUT2D eigenvalue weighted by molar-refractivity contribution is 5.85. The van der Waals surface area contributed by atoms with E-state index in [1.165, 1.54) is 0 Å². The molecule has 1 unspecified atom stereocenters. The van der Waals surface area contributed by atoms with E-state index in [1.54, 1.807) is 6.20 Å². The fraction of sp³-hybridized carbons (Fsp3) is 0.500. The topological polar surface area (TPSA) is 54.0 Å². The number of halogens is 2. The molecule has 1 aromatic rings. The van der Waals surface area contributed by atoms with Crippen LogP contribution in [0.15, 0.2) is 24.4 Å². The van der Waals surface area contributed by atoms with Crippen molar-refractivity contribution in [1.82, 2.24) is 15.6 Å². The fourth-order valence-electron chi connectivity index (χ4n) is 1.90. The van der Waals surface area contributed by atoms with Gasteiger partial charge in [0.15, 0.2) is 0 Å². The molecule has 0 aromatic carbocycles. The molecule has 4 nitrogen and oxygen atoms in total. The molecule has 1 aromatic heterocycles. The standard InChI is InChI=1S/C12H17N3O.2ClH/c16-12(10-4-3-6-13-8-10)15-9-11-5-1-2-7-14-11;;/h1-2,5,7,10,13H,3-4,6,8-9H2,(H,15,16);2*1H. The van der Waals surface area contributed by atoms with Crippen LogP contribution in [0.1, 0.15) is 18.5 Å². The van der Waals surface area contributed by atoms with Crippen LogP contribution in [-0.2, 0) is 11.3 Å². The van der Waals surface area contributed by atoms with Crippen LogP contribution in [0.5, 0.6) is 0 Å². The van der Waals surface area contributed by atoms with Crippen LogP contribution in [0.4, 0.5) is 0 Å². The first-order valence-corrected chi connectivity index (χ1v) is 5.74. The van der Waals surface area contributed by atoms with E-state index >= 15 is 0 Å². The molecule has 0 bridgehead atoms. The molecule has 0 radical (unpaired) electrons. The zero-order valence-corrected chi connectivity index (χ0v) is 11.7. The summed E-state index contributed by atoms with van der Waals surface area (Å²) in [6.07, 6.45) is 3.81. The van der Waals surface area contributed by atoms with Crippen molar-refractivity contribution >= 4 is 30.7 Å². The van der Waals surface area contributed by atoms with Crippen LogP contribution >= 0.6 is 24.8 Å². The lowest BCUT2D eigenvalue weighted by Gasteiger charge is -2.21. The largest absolute Gasteiger partial charge is 0.350 e. The highest BCUT2D eigenvalue weighted by atomic mass is 35.5. The number of amides is 1. The van der Waals surface area contributed by atoms with Crippen LogP contribution < -0.4 is 10.6 Å². The quantitative estimate of drug-likeness (QED) is 0.888. The minimum atomic E-state index is 0. The zero-order valence-electron chi connectivity index (χ0n) is 10.1. The van der Waals surface area contributed by atoms with Crippen molar-refractivity contribution in [1.29, 1.82) is 0 Å². The maximum atomic E-state index is 11.8. The monoisotopic (exact) mass is 291 g/mol. The van der Waals surface area contributed by atoms with E-state index in [0.29, 0.717) is 6.54 Å². The van der Waals surface area contributed by atoms with E-state index in [2.05, 4.69) is 15.6 Å². The molecule has 1 atom stereocenters. The molecule has 102 valence electrons. The molecule has 2 heterocycles. The molecular weight excluding hydrogens is 273 g/mol. The summed E-state index contributed by atoms with van der Waals surface area (Å²) >= 11 is 0. The summed E-state index contributed by atoms with van der Waals surface area (Å²) in [5.74, 6) is 0.260. The predicted octanol–water partition coefficient (Wildman–Crippen LogP) is 1.54. The molecule has 18 heavy (non-hydrogen) atoms. The Bertz CT molecular complexity index is 342. The van der Waals surface area contributed by atoms with Gasteiger partial charge in [0, 0.05) is 12.7 Å². The van der Waals surface area contributed by atoms with Crippen molar-refractivity contribution in [3.05, 3.63) is 30.1 Å². The van der Waals surface area contributed by atoms with Gasteiger partial charge >= 0.3 is 0 Å². The van der Waals surface area contributed by atoms with E-state index < -0.39 is 0 Å². The van der Waals surface area contributed by atoms with Gasteiger partial charge in [0.1, 0.15) is 0 Å². The third kappa shape index (κ3) is 5.21. The minimum absolute atomic E-state index is 0. The predicted molar refractivity (Wildman–Crippen MR) is 76.2 cm³/mol. The molecule has 0 saturated carbocycles. The Morgan fingerprint density at radius 2 is 2.28 bits per heavy atom. The number of pyridine rings is 1. The highest BCUT2D eigenvalue weighted by Crippen LogP contribution is 2.09. The molecule has 0 aliphatic carbocycles. The summed E-state index contributed by atoms with van der Waals surface area (Å²) in [6.45, 7) is 2.36. The summed E-state index contributed by atoms with van der Waals surface area (Å²) in [5.41, 5.74) is 0.902. The molecule has 1 fully saturated rings. The lowest BCUT2D eigenvalue weighted by molar-refractivity contribution is -0.125. The van der Waals surface area contributed by atoms with E-state index in [1.807, 2.05) is 18.2 Å². The Balaban J connectivity index is 0.00000144. The second kappa shape index (κ2) is 9.14. The van der Waals surface area contributed by atoms with Gasteiger partial charge in [-0.3, -0.25) is 9.78 Å². The molecule has 1 aliphatic heterocycles. The van der Waals surface area contributed by atoms with Gasteiger partial charge in [-0.15, -0.1) is 24.8 Å². The first kappa shape index (κ1) is 17.2. The van der Waals surface area contributed by atoms with Crippen LogP contribution in [-0.4, -0.2) is 24.0 Å². The van der Waals surface area contributed by atoms with E-state index in [-0.39, 0.29) is 36.6 Å². The number of piperidine rings is 1. The molecule has 1 amide bonds. The van der Waals surface area contributed by atoms with Gasteiger partial charge in [-0.2, -0.15) is 0 Å². The van der Waals surface area contributed by atoms with Crippen LogP contribution in [0.2, 0.25) is 0 Å². The number of carbonyl (C=O) groups excluding carboxylic acids is 1. The lowest BCUT2D eigenvalue weighted by Crippen LogP contribution is -2.40. The fourth-order valence-corrected chi connectivity index (χ4v) is 1.90. The Morgan fingerprint density at radius 3 is 2.89 bits per heavy atom. The summed E-state index contributed by atoms with van der Waals surface area (Å²) < 4.78 is 0. The Morgan fingerprint density at radius 1 is 1.44 bits per heavy atom. The van der Waals surface area contributed by atoms with Crippen molar-refractivity contribution in [2.75, 3.05) is 13.1 Å². The Hall–Kier alpha value is -0.840. The number of carbonyl (C=O) groups is 1. The second-order valence-electron chi connectivity index (χ2n) is 4.08. The van der Waals surface area contributed by atoms with Gasteiger partial charge in [-0.25, -0.2) is 0 Å². The highest BCUT2D eigenvalue weighted by Gasteiger charge is 2.20. The van der Waals surface area contributed by atoms with E-state index in [9.17, 15) is 4.79 Å². The third-order valence-electron chi connectivity index (χ3n) is 2.84. The maximum Gasteiger partial charge on any atom is 0.224 e. The molecule has 2 rings (SSSR count). The number of hydrogen-bond acceptors (Lipinski definition) is 3. The van der Waals surface area contributed by atoms with Crippen LogP contribution in [0, 0.1) is 5.92 Å². The molecule has 1 aliphatic rings. The molecule has 0 spiro atoms. The van der Waals surface area contributed by atoms with Gasteiger partial charge in [-0.05, 0) is 31.5 Å². The van der Waals surface area contributed by atoms with Gasteiger partial charge in [0.25, 0.3) is 0 Å². The summed E-state index contributed by atoms with van der Waals surface area (Å²) in [5, 5.41) is 6.16. The van der Waals surface area contributed by atoms with E-state index in [0.717, 1.165) is 31.6 Å². The van der Waals surface area contributed by atoms with Crippen molar-refractivity contribution in [3.63, 3.8) is 0 Å². The summed E-state index contributed by atoms with van der Waals surface area (Å²) in [7, 11) is 0. The number of rotatable bonds is 3. The minimum Gasteiger partial charge on any atom is -0.350 e. The SMILES string of the molecule is Cl.Cl.O=C(NCc1ccccn1)C1CCCNC1. The summed E-state index contributed by atoms with van der Waals surface area (Å²) in [4.78, 5) is 16.0. The average Bonchev–Trinajstić information content (AvgIpc) is 2.38. The molecule has 2 N–H and O–H groups in total. The van der Waals surface area contributed by atoms with E-state index in [4.69, 9.17) is 0 Å². The van der Waals surface area contributed by atoms with Gasteiger partial charge in [0.05, 0.1) is 18.2 Å². The molecular formula is C12H19Cl2N3O. The number of nitrogens with one attached hydrogen (secondary N) is 2. The lowest BCUT2D eigenvalue weighted by atomic mass is 9.99. The van der Waals surface area contributed by atoms with Crippen molar-refractivity contribution in [2.45, 2.75) is 19.4 Å². The molecule has 1 saturated heterocycles. The first-order chi connectivity index (χ1) is 7.86. The second-order valence-corrected chi connectivity index (χ2v) is 4.08. The van der Waals surface area contributed by atoms with Gasteiger partial charge in [-0.1, -0.05) is 6.07 Å². The van der Waals surface area contributed by atoms with Gasteiger partial charge < -0.3 is 10.6 Å². The number of nitrogens with zero attached hydrogens (tertiary/aromatic N) is 1. The van der Waals surface area contributed by atoms with Gasteiger partial charge in [0.2, 0.25) is 5.91 Å². The number of hydrogen-bond donors (Lipinski definition) is 2. The Kier molecular flexibility index (Phi) is 8.71.